The summed E-state index contributed by atoms with van der Waals surface area (Å²) in [6, 6.07) is 8.73. The van der Waals surface area contributed by atoms with Crippen LogP contribution in [0.5, 0.6) is 0 Å². The fourth-order valence-corrected chi connectivity index (χ4v) is 3.11. The van der Waals surface area contributed by atoms with Crippen molar-refractivity contribution in [2.24, 2.45) is 0 Å². The maximum atomic E-state index is 12.7. The van der Waals surface area contributed by atoms with Crippen molar-refractivity contribution in [3.63, 3.8) is 0 Å². The number of rotatable bonds is 3. The molecule has 25 heavy (non-hydrogen) atoms. The van der Waals surface area contributed by atoms with Crippen LogP contribution in [0.15, 0.2) is 58.5 Å². The molecule has 124 valence electrons. The molecule has 0 radical (unpaired) electrons. The Morgan fingerprint density at radius 2 is 1.96 bits per heavy atom. The van der Waals surface area contributed by atoms with Crippen molar-refractivity contribution in [3.05, 3.63) is 81.0 Å². The molecular formula is C18H15N5O2. The van der Waals surface area contributed by atoms with Gasteiger partial charge in [0.05, 0.1) is 17.9 Å². The Morgan fingerprint density at radius 1 is 1.08 bits per heavy atom. The van der Waals surface area contributed by atoms with Crippen LogP contribution in [0.1, 0.15) is 30.1 Å². The molecule has 0 spiro atoms. The van der Waals surface area contributed by atoms with E-state index in [1.807, 2.05) is 12.1 Å². The zero-order valence-corrected chi connectivity index (χ0v) is 13.4. The summed E-state index contributed by atoms with van der Waals surface area (Å²) >= 11 is 0. The first kappa shape index (κ1) is 14.2. The molecule has 1 aliphatic carbocycles. The zero-order valence-electron chi connectivity index (χ0n) is 13.4. The van der Waals surface area contributed by atoms with Crippen LogP contribution in [0.2, 0.25) is 0 Å². The number of nitrogens with zero attached hydrogens (tertiary/aromatic N) is 5. The van der Waals surface area contributed by atoms with Crippen molar-refractivity contribution in [2.75, 3.05) is 0 Å². The van der Waals surface area contributed by atoms with Gasteiger partial charge in [-0.05, 0) is 31.0 Å². The van der Waals surface area contributed by atoms with E-state index >= 15 is 0 Å². The second kappa shape index (κ2) is 5.14. The molecule has 7 nitrogen and oxygen atoms in total. The van der Waals surface area contributed by atoms with Crippen LogP contribution >= 0.6 is 0 Å². The average Bonchev–Trinajstić information content (AvgIpc) is 3.37. The van der Waals surface area contributed by atoms with Gasteiger partial charge in [0.2, 0.25) is 0 Å². The molecule has 1 aliphatic rings. The summed E-state index contributed by atoms with van der Waals surface area (Å²) in [5, 5.41) is 4.47. The molecule has 4 aromatic heterocycles. The van der Waals surface area contributed by atoms with Crippen molar-refractivity contribution in [1.82, 2.24) is 23.6 Å². The fraction of sp³-hybridized carbons (Fsp3) is 0.222. The monoisotopic (exact) mass is 333 g/mol. The minimum atomic E-state index is -0.157. The summed E-state index contributed by atoms with van der Waals surface area (Å²) in [7, 11) is 0. The first-order valence-electron chi connectivity index (χ1n) is 8.25. The quantitative estimate of drug-likeness (QED) is 0.568. The Hall–Kier alpha value is -3.22. The topological polar surface area (TPSA) is 73.7 Å². The van der Waals surface area contributed by atoms with Gasteiger partial charge in [0, 0.05) is 30.6 Å². The van der Waals surface area contributed by atoms with Crippen molar-refractivity contribution >= 4 is 11.2 Å². The lowest BCUT2D eigenvalue weighted by Crippen LogP contribution is -2.24. The van der Waals surface area contributed by atoms with Crippen LogP contribution in [0.4, 0.5) is 0 Å². The number of hydrogen-bond acceptors (Lipinski definition) is 4. The average molecular weight is 333 g/mol. The van der Waals surface area contributed by atoms with Crippen molar-refractivity contribution in [1.29, 1.82) is 0 Å². The highest BCUT2D eigenvalue weighted by molar-refractivity contribution is 5.46. The van der Waals surface area contributed by atoms with Crippen LogP contribution in [-0.4, -0.2) is 23.6 Å². The molecule has 0 amide bonds. The Balaban J connectivity index is 1.58. The van der Waals surface area contributed by atoms with E-state index in [1.165, 1.54) is 10.5 Å². The van der Waals surface area contributed by atoms with Gasteiger partial charge >= 0.3 is 0 Å². The third-order valence-corrected chi connectivity index (χ3v) is 4.57. The second-order valence-electron chi connectivity index (χ2n) is 6.42. The summed E-state index contributed by atoms with van der Waals surface area (Å²) in [4.78, 5) is 29.4. The first-order valence-corrected chi connectivity index (χ1v) is 8.25. The molecule has 0 aliphatic heterocycles. The fourth-order valence-electron chi connectivity index (χ4n) is 3.11. The molecule has 0 aromatic carbocycles. The van der Waals surface area contributed by atoms with Crippen LogP contribution in [-0.2, 0) is 6.54 Å². The van der Waals surface area contributed by atoms with Gasteiger partial charge in [-0.25, -0.2) is 9.50 Å². The zero-order chi connectivity index (χ0) is 17.0. The molecule has 0 unspecified atom stereocenters. The minimum absolute atomic E-state index is 0.128. The summed E-state index contributed by atoms with van der Waals surface area (Å²) in [5.41, 5.74) is 2.38. The molecule has 0 N–H and O–H groups in total. The highest BCUT2D eigenvalue weighted by Crippen LogP contribution is 2.39. The molecule has 0 atom stereocenters. The summed E-state index contributed by atoms with van der Waals surface area (Å²) in [6.07, 6.45) is 7.43. The molecular weight excluding hydrogens is 318 g/mol. The summed E-state index contributed by atoms with van der Waals surface area (Å²) in [6.45, 7) is 0.250. The maximum Gasteiger partial charge on any atom is 0.276 e. The smallest absolute Gasteiger partial charge is 0.276 e. The molecule has 0 saturated heterocycles. The second-order valence-corrected chi connectivity index (χ2v) is 6.42. The molecule has 5 rings (SSSR count). The Morgan fingerprint density at radius 3 is 2.80 bits per heavy atom. The summed E-state index contributed by atoms with van der Waals surface area (Å²) in [5.74, 6) is 0.495. The predicted molar refractivity (Wildman–Crippen MR) is 92.0 cm³/mol. The number of fused-ring (bicyclic) bond motifs is 2. The third kappa shape index (κ3) is 2.36. The largest absolute Gasteiger partial charge is 0.306 e. The molecule has 4 heterocycles. The highest BCUT2D eigenvalue weighted by Gasteiger charge is 2.26. The molecule has 1 saturated carbocycles. The van der Waals surface area contributed by atoms with Gasteiger partial charge in [0.1, 0.15) is 11.2 Å². The van der Waals surface area contributed by atoms with Gasteiger partial charge in [0.25, 0.3) is 11.1 Å². The minimum Gasteiger partial charge on any atom is -0.306 e. The van der Waals surface area contributed by atoms with E-state index in [9.17, 15) is 9.59 Å². The Bertz CT molecular complexity index is 1230. The van der Waals surface area contributed by atoms with Gasteiger partial charge in [-0.15, -0.1) is 0 Å². The van der Waals surface area contributed by atoms with Gasteiger partial charge in [-0.3, -0.25) is 14.0 Å². The van der Waals surface area contributed by atoms with Crippen LogP contribution < -0.4 is 11.1 Å². The Labute approximate surface area is 141 Å². The number of hydrogen-bond donors (Lipinski definition) is 0. The van der Waals surface area contributed by atoms with Crippen molar-refractivity contribution in [3.8, 4) is 0 Å². The lowest BCUT2D eigenvalue weighted by molar-refractivity contribution is 0.722. The van der Waals surface area contributed by atoms with Crippen molar-refractivity contribution < 1.29 is 0 Å². The van der Waals surface area contributed by atoms with Crippen LogP contribution in [0.25, 0.3) is 11.2 Å². The maximum absolute atomic E-state index is 12.7. The first-order chi connectivity index (χ1) is 12.2. The van der Waals surface area contributed by atoms with E-state index in [-0.39, 0.29) is 17.7 Å². The molecule has 7 heteroatoms. The highest BCUT2D eigenvalue weighted by atomic mass is 16.1. The summed E-state index contributed by atoms with van der Waals surface area (Å²) < 4.78 is 4.68. The molecule has 4 aromatic rings. The van der Waals surface area contributed by atoms with E-state index < -0.39 is 0 Å². The van der Waals surface area contributed by atoms with Crippen LogP contribution in [0.3, 0.4) is 0 Å². The van der Waals surface area contributed by atoms with Gasteiger partial charge < -0.3 is 4.57 Å². The third-order valence-electron chi connectivity index (χ3n) is 4.57. The standard InChI is InChI=1S/C18H15N5O2/c24-17-9-13(19-16-3-1-2-6-22(16)17)11-21-7-8-23-15(18(21)25)10-14(20-23)12-4-5-12/h1-3,6-10,12H,4-5,11H2. The number of pyridine rings is 1. The van der Waals surface area contributed by atoms with E-state index in [0.29, 0.717) is 22.8 Å². The Kier molecular flexibility index (Phi) is 2.91. The van der Waals surface area contributed by atoms with Gasteiger partial charge in [-0.2, -0.15) is 5.10 Å². The SMILES string of the molecule is O=c1c2cc(C3CC3)nn2ccn1Cc1cc(=O)n2ccccc2n1. The van der Waals surface area contributed by atoms with E-state index in [0.717, 1.165) is 18.5 Å². The predicted octanol–water partition coefficient (Wildman–Crippen LogP) is 1.43. The van der Waals surface area contributed by atoms with E-state index in [1.54, 1.807) is 39.8 Å². The van der Waals surface area contributed by atoms with Crippen LogP contribution in [0, 0.1) is 0 Å². The molecule has 1 fully saturated rings. The van der Waals surface area contributed by atoms with E-state index in [2.05, 4.69) is 10.1 Å². The lowest BCUT2D eigenvalue weighted by atomic mass is 10.3. The van der Waals surface area contributed by atoms with E-state index in [4.69, 9.17) is 0 Å². The van der Waals surface area contributed by atoms with Crippen molar-refractivity contribution in [2.45, 2.75) is 25.3 Å². The number of aromatic nitrogens is 5. The van der Waals surface area contributed by atoms with Gasteiger partial charge in [-0.1, -0.05) is 6.07 Å². The normalized spacial score (nSPS) is 14.4. The lowest BCUT2D eigenvalue weighted by Gasteiger charge is -2.07. The van der Waals surface area contributed by atoms with Gasteiger partial charge in [0.15, 0.2) is 0 Å². The molecule has 0 bridgehead atoms.